The summed E-state index contributed by atoms with van der Waals surface area (Å²) in [4.78, 5) is 21.4. The minimum Gasteiger partial charge on any atom is -0.343 e. The number of pyridine rings is 1. The molecule has 3 aromatic rings. The standard InChI is InChI=1S/C17H19N5O/c1-11-5-6-13(9-18-11)17(3,4)21-16(23)14-10-19-22-8-7-12(2)20-15(14)22/h5-10H,1-4H3,(H,21,23). The van der Waals surface area contributed by atoms with E-state index >= 15 is 0 Å². The zero-order valence-corrected chi connectivity index (χ0v) is 13.7. The monoisotopic (exact) mass is 309 g/mol. The van der Waals surface area contributed by atoms with Gasteiger partial charge in [-0.05, 0) is 45.4 Å². The number of fused-ring (bicyclic) bond motifs is 1. The first kappa shape index (κ1) is 15.1. The summed E-state index contributed by atoms with van der Waals surface area (Å²) in [5.41, 5.74) is 3.20. The fourth-order valence-corrected chi connectivity index (χ4v) is 2.38. The Kier molecular flexibility index (Phi) is 3.60. The Bertz CT molecular complexity index is 864. The summed E-state index contributed by atoms with van der Waals surface area (Å²) in [6.07, 6.45) is 5.12. The maximum atomic E-state index is 12.7. The molecule has 0 aliphatic rings. The number of aromatic nitrogens is 4. The molecule has 3 heterocycles. The van der Waals surface area contributed by atoms with E-state index in [1.165, 1.54) is 0 Å². The van der Waals surface area contributed by atoms with E-state index in [1.807, 2.05) is 45.9 Å². The van der Waals surface area contributed by atoms with Crippen LogP contribution in [0.15, 0.2) is 36.8 Å². The molecule has 0 radical (unpaired) electrons. The van der Waals surface area contributed by atoms with Gasteiger partial charge in [-0.3, -0.25) is 9.78 Å². The third-order valence-corrected chi connectivity index (χ3v) is 3.81. The van der Waals surface area contributed by atoms with E-state index in [4.69, 9.17) is 0 Å². The van der Waals surface area contributed by atoms with Gasteiger partial charge in [0, 0.05) is 23.8 Å². The molecule has 0 unspecified atom stereocenters. The Balaban J connectivity index is 1.90. The van der Waals surface area contributed by atoms with E-state index in [9.17, 15) is 4.79 Å². The highest BCUT2D eigenvalue weighted by Crippen LogP contribution is 2.20. The lowest BCUT2D eigenvalue weighted by Gasteiger charge is -2.26. The van der Waals surface area contributed by atoms with Crippen molar-refractivity contribution in [1.82, 2.24) is 24.9 Å². The normalized spacial score (nSPS) is 11.7. The highest BCUT2D eigenvalue weighted by Gasteiger charge is 2.25. The molecule has 0 aromatic carbocycles. The number of aryl methyl sites for hydroxylation is 2. The van der Waals surface area contributed by atoms with Crippen molar-refractivity contribution in [1.29, 1.82) is 0 Å². The summed E-state index contributed by atoms with van der Waals surface area (Å²) in [6.45, 7) is 7.71. The largest absolute Gasteiger partial charge is 0.343 e. The summed E-state index contributed by atoms with van der Waals surface area (Å²) >= 11 is 0. The summed E-state index contributed by atoms with van der Waals surface area (Å²) in [7, 11) is 0. The molecule has 0 aliphatic carbocycles. The maximum Gasteiger partial charge on any atom is 0.257 e. The van der Waals surface area contributed by atoms with Gasteiger partial charge in [-0.25, -0.2) is 9.50 Å². The SMILES string of the molecule is Cc1ccc(C(C)(C)NC(=O)c2cnn3ccc(C)nc23)cn1. The Labute approximate surface area is 134 Å². The minimum atomic E-state index is -0.546. The van der Waals surface area contributed by atoms with Gasteiger partial charge in [-0.1, -0.05) is 6.07 Å². The van der Waals surface area contributed by atoms with Crippen molar-refractivity contribution in [3.63, 3.8) is 0 Å². The lowest BCUT2D eigenvalue weighted by molar-refractivity contribution is 0.0913. The van der Waals surface area contributed by atoms with Crippen LogP contribution in [0.1, 0.15) is 41.2 Å². The number of amides is 1. The number of hydrogen-bond donors (Lipinski definition) is 1. The van der Waals surface area contributed by atoms with E-state index < -0.39 is 5.54 Å². The number of nitrogens with one attached hydrogen (secondary N) is 1. The average Bonchev–Trinajstić information content (AvgIpc) is 2.90. The highest BCUT2D eigenvalue weighted by molar-refractivity contribution is 6.00. The van der Waals surface area contributed by atoms with E-state index in [0.29, 0.717) is 11.2 Å². The lowest BCUT2D eigenvalue weighted by Crippen LogP contribution is -2.41. The van der Waals surface area contributed by atoms with Gasteiger partial charge in [0.15, 0.2) is 5.65 Å². The third-order valence-electron chi connectivity index (χ3n) is 3.81. The van der Waals surface area contributed by atoms with Gasteiger partial charge in [0.2, 0.25) is 0 Å². The second-order valence-electron chi connectivity index (χ2n) is 6.16. The molecule has 0 aliphatic heterocycles. The van der Waals surface area contributed by atoms with Crippen LogP contribution in [0.5, 0.6) is 0 Å². The predicted molar refractivity (Wildman–Crippen MR) is 87.2 cm³/mol. The summed E-state index contributed by atoms with van der Waals surface area (Å²) in [6, 6.07) is 5.76. The first-order chi connectivity index (χ1) is 10.9. The summed E-state index contributed by atoms with van der Waals surface area (Å²) in [5.74, 6) is -0.205. The third kappa shape index (κ3) is 2.92. The lowest BCUT2D eigenvalue weighted by atomic mass is 9.95. The number of hydrogen-bond acceptors (Lipinski definition) is 4. The maximum absolute atomic E-state index is 12.7. The summed E-state index contributed by atoms with van der Waals surface area (Å²) in [5, 5.41) is 7.21. The molecule has 1 amide bonds. The van der Waals surface area contributed by atoms with Gasteiger partial charge in [0.25, 0.3) is 5.91 Å². The number of nitrogens with zero attached hydrogens (tertiary/aromatic N) is 4. The Hall–Kier alpha value is -2.76. The van der Waals surface area contributed by atoms with Crippen LogP contribution >= 0.6 is 0 Å². The molecule has 0 atom stereocenters. The zero-order valence-electron chi connectivity index (χ0n) is 13.7. The van der Waals surface area contributed by atoms with E-state index in [0.717, 1.165) is 17.0 Å². The van der Waals surface area contributed by atoms with Crippen molar-refractivity contribution >= 4 is 11.6 Å². The highest BCUT2D eigenvalue weighted by atomic mass is 16.1. The van der Waals surface area contributed by atoms with Crippen LogP contribution in [0.25, 0.3) is 5.65 Å². The first-order valence-corrected chi connectivity index (χ1v) is 7.43. The topological polar surface area (TPSA) is 72.2 Å². The van der Waals surface area contributed by atoms with Crippen molar-refractivity contribution in [3.05, 3.63) is 59.3 Å². The van der Waals surface area contributed by atoms with Crippen molar-refractivity contribution in [2.24, 2.45) is 0 Å². The van der Waals surface area contributed by atoms with Crippen molar-refractivity contribution < 1.29 is 4.79 Å². The molecule has 0 spiro atoms. The predicted octanol–water partition coefficient (Wildman–Crippen LogP) is 2.41. The Morgan fingerprint density at radius 1 is 1.13 bits per heavy atom. The minimum absolute atomic E-state index is 0.205. The molecule has 0 fully saturated rings. The van der Waals surface area contributed by atoms with E-state index in [1.54, 1.807) is 23.1 Å². The molecule has 23 heavy (non-hydrogen) atoms. The molecule has 6 heteroatoms. The van der Waals surface area contributed by atoms with Crippen molar-refractivity contribution in [3.8, 4) is 0 Å². The quantitative estimate of drug-likeness (QED) is 0.806. The van der Waals surface area contributed by atoms with Crippen LogP contribution in [0.4, 0.5) is 0 Å². The van der Waals surface area contributed by atoms with Gasteiger partial charge in [0.1, 0.15) is 5.56 Å². The van der Waals surface area contributed by atoms with Crippen LogP contribution in [0, 0.1) is 13.8 Å². The molecule has 3 aromatic heterocycles. The van der Waals surface area contributed by atoms with E-state index in [-0.39, 0.29) is 5.91 Å². The number of carbonyl (C=O) groups is 1. The van der Waals surface area contributed by atoms with Gasteiger partial charge < -0.3 is 5.32 Å². The van der Waals surface area contributed by atoms with Gasteiger partial charge in [-0.15, -0.1) is 0 Å². The second-order valence-corrected chi connectivity index (χ2v) is 6.16. The van der Waals surface area contributed by atoms with Crippen LogP contribution in [-0.4, -0.2) is 25.5 Å². The van der Waals surface area contributed by atoms with Gasteiger partial charge in [-0.2, -0.15) is 5.10 Å². The van der Waals surface area contributed by atoms with Crippen LogP contribution in [0.2, 0.25) is 0 Å². The molecule has 0 saturated carbocycles. The Morgan fingerprint density at radius 2 is 1.91 bits per heavy atom. The van der Waals surface area contributed by atoms with Gasteiger partial charge >= 0.3 is 0 Å². The van der Waals surface area contributed by atoms with E-state index in [2.05, 4.69) is 20.4 Å². The molecule has 0 bridgehead atoms. The van der Waals surface area contributed by atoms with Crippen LogP contribution in [0.3, 0.4) is 0 Å². The number of rotatable bonds is 3. The second kappa shape index (κ2) is 5.46. The fourth-order valence-electron chi connectivity index (χ4n) is 2.38. The first-order valence-electron chi connectivity index (χ1n) is 7.43. The molecule has 3 rings (SSSR count). The summed E-state index contributed by atoms with van der Waals surface area (Å²) < 4.78 is 1.60. The molecule has 118 valence electrons. The average molecular weight is 309 g/mol. The van der Waals surface area contributed by atoms with Gasteiger partial charge in [0.05, 0.1) is 11.7 Å². The molecule has 0 saturated heterocycles. The molecular weight excluding hydrogens is 290 g/mol. The van der Waals surface area contributed by atoms with Crippen LogP contribution in [-0.2, 0) is 5.54 Å². The Morgan fingerprint density at radius 3 is 2.61 bits per heavy atom. The smallest absolute Gasteiger partial charge is 0.257 e. The molecule has 6 nitrogen and oxygen atoms in total. The number of carbonyl (C=O) groups excluding carboxylic acids is 1. The molecule has 1 N–H and O–H groups in total. The van der Waals surface area contributed by atoms with Crippen LogP contribution < -0.4 is 5.32 Å². The fraction of sp³-hybridized carbons (Fsp3) is 0.294. The van der Waals surface area contributed by atoms with Crippen molar-refractivity contribution in [2.75, 3.05) is 0 Å². The molecular formula is C17H19N5O. The van der Waals surface area contributed by atoms with Crippen molar-refractivity contribution in [2.45, 2.75) is 33.2 Å². The zero-order chi connectivity index (χ0) is 16.6.